The number of aromatic nitrogens is 2. The van der Waals surface area contributed by atoms with Crippen molar-refractivity contribution in [1.29, 1.82) is 0 Å². The first-order valence-electron chi connectivity index (χ1n) is 8.43. The van der Waals surface area contributed by atoms with Gasteiger partial charge >= 0.3 is 6.01 Å². The highest BCUT2D eigenvalue weighted by Gasteiger charge is 2.33. The quantitative estimate of drug-likeness (QED) is 0.905. The molecule has 132 valence electrons. The average molecular weight is 344 g/mol. The fraction of sp³-hybridized carbons (Fsp3) is 0.471. The van der Waals surface area contributed by atoms with Gasteiger partial charge < -0.3 is 24.1 Å². The smallest absolute Gasteiger partial charge is 0.315 e. The van der Waals surface area contributed by atoms with Gasteiger partial charge in [-0.3, -0.25) is 4.79 Å². The maximum absolute atomic E-state index is 12.7. The predicted molar refractivity (Wildman–Crippen MR) is 88.6 cm³/mol. The lowest BCUT2D eigenvalue weighted by Gasteiger charge is -2.35. The van der Waals surface area contributed by atoms with Crippen molar-refractivity contribution in [3.05, 3.63) is 30.2 Å². The summed E-state index contributed by atoms with van der Waals surface area (Å²) in [6.45, 7) is 3.31. The third kappa shape index (κ3) is 3.38. The number of nitrogens with one attached hydrogen (secondary N) is 1. The van der Waals surface area contributed by atoms with Crippen LogP contribution in [0.1, 0.15) is 18.7 Å². The number of rotatable bonds is 3. The number of benzene rings is 1. The number of carbonyl (C=O) groups excluding carboxylic acids is 1. The van der Waals surface area contributed by atoms with Gasteiger partial charge in [-0.25, -0.2) is 0 Å². The summed E-state index contributed by atoms with van der Waals surface area (Å²) in [5, 5.41) is 11.0. The van der Waals surface area contributed by atoms with Crippen LogP contribution in [0.25, 0.3) is 0 Å². The Labute approximate surface area is 145 Å². The van der Waals surface area contributed by atoms with Crippen LogP contribution in [-0.4, -0.2) is 52.8 Å². The highest BCUT2D eigenvalue weighted by atomic mass is 16.6. The number of para-hydroxylation sites is 2. The van der Waals surface area contributed by atoms with Gasteiger partial charge in [-0.1, -0.05) is 17.2 Å². The van der Waals surface area contributed by atoms with E-state index in [2.05, 4.69) is 15.5 Å². The maximum Gasteiger partial charge on any atom is 0.315 e. The van der Waals surface area contributed by atoms with Gasteiger partial charge in [0.15, 0.2) is 11.5 Å². The lowest BCUT2D eigenvalue weighted by molar-refractivity contribution is -0.142. The molecule has 1 unspecified atom stereocenters. The highest BCUT2D eigenvalue weighted by Crippen LogP contribution is 2.31. The number of nitrogens with zero attached hydrogens (tertiary/aromatic N) is 3. The number of amides is 1. The van der Waals surface area contributed by atoms with E-state index in [1.165, 1.54) is 0 Å². The van der Waals surface area contributed by atoms with Crippen LogP contribution in [-0.2, 0) is 4.79 Å². The molecule has 1 aromatic heterocycles. The van der Waals surface area contributed by atoms with Gasteiger partial charge in [0.2, 0.25) is 12.0 Å². The van der Waals surface area contributed by atoms with E-state index in [0.29, 0.717) is 36.5 Å². The fourth-order valence-electron chi connectivity index (χ4n) is 3.12. The van der Waals surface area contributed by atoms with Crippen LogP contribution in [0.5, 0.6) is 11.5 Å². The summed E-state index contributed by atoms with van der Waals surface area (Å²) >= 11 is 0. The molecule has 1 aromatic carbocycles. The lowest BCUT2D eigenvalue weighted by atomic mass is 10.0. The Morgan fingerprint density at radius 1 is 1.20 bits per heavy atom. The first-order valence-corrected chi connectivity index (χ1v) is 8.43. The van der Waals surface area contributed by atoms with Gasteiger partial charge in [-0.2, -0.15) is 0 Å². The molecule has 3 heterocycles. The summed E-state index contributed by atoms with van der Waals surface area (Å²) < 4.78 is 16.8. The molecule has 1 amide bonds. The first-order chi connectivity index (χ1) is 12.2. The molecule has 2 aromatic rings. The second-order valence-electron chi connectivity index (χ2n) is 6.23. The van der Waals surface area contributed by atoms with E-state index in [1.54, 1.807) is 6.92 Å². The molecule has 0 spiro atoms. The van der Waals surface area contributed by atoms with Gasteiger partial charge in [0.1, 0.15) is 6.61 Å². The van der Waals surface area contributed by atoms with Crippen molar-refractivity contribution in [2.24, 2.45) is 0 Å². The minimum Gasteiger partial charge on any atom is -0.485 e. The zero-order chi connectivity index (χ0) is 17.2. The largest absolute Gasteiger partial charge is 0.485 e. The Morgan fingerprint density at radius 2 is 1.96 bits per heavy atom. The molecule has 25 heavy (non-hydrogen) atoms. The molecule has 1 N–H and O–H groups in total. The lowest BCUT2D eigenvalue weighted by Crippen LogP contribution is -2.50. The standard InChI is InChI=1S/C17H20N4O4/c1-11-19-20-17(24-11)18-12-6-8-21(9-7-12)16(22)15-10-23-13-4-2-3-5-14(13)25-15/h2-5,12,15H,6-10H2,1H3,(H,18,20). The van der Waals surface area contributed by atoms with Gasteiger partial charge in [0.05, 0.1) is 0 Å². The number of piperidine rings is 1. The zero-order valence-corrected chi connectivity index (χ0v) is 14.0. The number of aryl methyl sites for hydroxylation is 1. The molecule has 2 aliphatic heterocycles. The second-order valence-corrected chi connectivity index (χ2v) is 6.23. The Balaban J connectivity index is 1.31. The van der Waals surface area contributed by atoms with E-state index < -0.39 is 6.10 Å². The van der Waals surface area contributed by atoms with E-state index in [4.69, 9.17) is 13.9 Å². The van der Waals surface area contributed by atoms with Gasteiger partial charge in [0.25, 0.3) is 5.91 Å². The van der Waals surface area contributed by atoms with Crippen molar-refractivity contribution in [3.63, 3.8) is 0 Å². The second kappa shape index (κ2) is 6.62. The average Bonchev–Trinajstić information content (AvgIpc) is 3.06. The summed E-state index contributed by atoms with van der Waals surface area (Å²) in [7, 11) is 0. The molecule has 0 saturated carbocycles. The Hall–Kier alpha value is -2.77. The Morgan fingerprint density at radius 3 is 2.68 bits per heavy atom. The van der Waals surface area contributed by atoms with Gasteiger partial charge in [-0.15, -0.1) is 5.10 Å². The Bertz CT molecular complexity index is 755. The maximum atomic E-state index is 12.7. The minimum atomic E-state index is -0.585. The summed E-state index contributed by atoms with van der Waals surface area (Å²) in [5.74, 6) is 1.81. The first kappa shape index (κ1) is 15.7. The van der Waals surface area contributed by atoms with Crippen molar-refractivity contribution < 1.29 is 18.7 Å². The van der Waals surface area contributed by atoms with Gasteiger partial charge in [0, 0.05) is 26.1 Å². The van der Waals surface area contributed by atoms with Crippen LogP contribution >= 0.6 is 0 Å². The number of hydrogen-bond acceptors (Lipinski definition) is 7. The Kier molecular flexibility index (Phi) is 4.17. The molecule has 1 fully saturated rings. The number of ether oxygens (including phenoxy) is 2. The summed E-state index contributed by atoms with van der Waals surface area (Å²) in [6.07, 6.45) is 1.05. The third-order valence-corrected chi connectivity index (χ3v) is 4.44. The van der Waals surface area contributed by atoms with Crippen LogP contribution in [0.4, 0.5) is 6.01 Å². The van der Waals surface area contributed by atoms with Crippen LogP contribution in [0, 0.1) is 6.92 Å². The van der Waals surface area contributed by atoms with E-state index in [1.807, 2.05) is 29.2 Å². The molecule has 0 aliphatic carbocycles. The minimum absolute atomic E-state index is 0.0263. The number of anilines is 1. The molecule has 0 bridgehead atoms. The van der Waals surface area contributed by atoms with Crippen molar-refractivity contribution >= 4 is 11.9 Å². The van der Waals surface area contributed by atoms with E-state index >= 15 is 0 Å². The number of fused-ring (bicyclic) bond motifs is 1. The van der Waals surface area contributed by atoms with Crippen LogP contribution < -0.4 is 14.8 Å². The fourth-order valence-corrected chi connectivity index (χ4v) is 3.12. The topological polar surface area (TPSA) is 89.7 Å². The van der Waals surface area contributed by atoms with Crippen molar-refractivity contribution in [3.8, 4) is 11.5 Å². The molecule has 0 radical (unpaired) electrons. The number of likely N-dealkylation sites (tertiary alicyclic amines) is 1. The molecule has 2 aliphatic rings. The molecule has 8 nitrogen and oxygen atoms in total. The van der Waals surface area contributed by atoms with Crippen molar-refractivity contribution in [2.75, 3.05) is 25.0 Å². The zero-order valence-electron chi connectivity index (χ0n) is 14.0. The number of hydrogen-bond donors (Lipinski definition) is 1. The third-order valence-electron chi connectivity index (χ3n) is 4.44. The molecular weight excluding hydrogens is 324 g/mol. The van der Waals surface area contributed by atoms with E-state index in [9.17, 15) is 4.79 Å². The summed E-state index contributed by atoms with van der Waals surface area (Å²) in [5.41, 5.74) is 0. The van der Waals surface area contributed by atoms with Crippen LogP contribution in [0.15, 0.2) is 28.7 Å². The monoisotopic (exact) mass is 344 g/mol. The summed E-state index contributed by atoms with van der Waals surface area (Å²) in [4.78, 5) is 14.5. The highest BCUT2D eigenvalue weighted by molar-refractivity contribution is 5.82. The number of carbonyl (C=O) groups is 1. The predicted octanol–water partition coefficient (Wildman–Crippen LogP) is 1.62. The normalized spacial score (nSPS) is 20.4. The van der Waals surface area contributed by atoms with E-state index in [0.717, 1.165) is 12.8 Å². The summed E-state index contributed by atoms with van der Waals surface area (Å²) in [6, 6.07) is 8.05. The van der Waals surface area contributed by atoms with Crippen molar-refractivity contribution in [2.45, 2.75) is 31.9 Å². The SMILES string of the molecule is Cc1nnc(NC2CCN(C(=O)C3COc4ccccc4O3)CC2)o1. The van der Waals surface area contributed by atoms with Crippen molar-refractivity contribution in [1.82, 2.24) is 15.1 Å². The molecule has 1 saturated heterocycles. The van der Waals surface area contributed by atoms with Crippen LogP contribution in [0.2, 0.25) is 0 Å². The molecular formula is C17H20N4O4. The van der Waals surface area contributed by atoms with Gasteiger partial charge in [-0.05, 0) is 25.0 Å². The molecule has 4 rings (SSSR count). The molecule has 1 atom stereocenters. The molecule has 8 heteroatoms. The van der Waals surface area contributed by atoms with Crippen LogP contribution in [0.3, 0.4) is 0 Å². The van der Waals surface area contributed by atoms with E-state index in [-0.39, 0.29) is 18.6 Å².